The second kappa shape index (κ2) is 6.02. The van der Waals surface area contributed by atoms with Gasteiger partial charge in [0.2, 0.25) is 5.91 Å². The Labute approximate surface area is 140 Å². The van der Waals surface area contributed by atoms with Crippen LogP contribution in [-0.2, 0) is 11.2 Å². The van der Waals surface area contributed by atoms with Crippen LogP contribution < -0.4 is 5.32 Å². The highest BCUT2D eigenvalue weighted by atomic mass is 19.1. The fourth-order valence-electron chi connectivity index (χ4n) is 3.52. The summed E-state index contributed by atoms with van der Waals surface area (Å²) in [5, 5.41) is 7.78. The van der Waals surface area contributed by atoms with Crippen molar-refractivity contribution in [2.75, 3.05) is 26.2 Å². The molecule has 1 spiro atoms. The van der Waals surface area contributed by atoms with Crippen LogP contribution in [0.3, 0.4) is 0 Å². The molecule has 3 heterocycles. The number of hydrogen-bond donors (Lipinski definition) is 1. The maximum Gasteiger partial charge on any atom is 0.228 e. The molecular formula is C18H21FN4O. The molecule has 0 unspecified atom stereocenters. The number of hydrogen-bond acceptors (Lipinski definition) is 3. The van der Waals surface area contributed by atoms with E-state index >= 15 is 0 Å². The van der Waals surface area contributed by atoms with E-state index < -0.39 is 0 Å². The minimum absolute atomic E-state index is 0.140. The quantitative estimate of drug-likeness (QED) is 0.934. The van der Waals surface area contributed by atoms with Gasteiger partial charge in [0.25, 0.3) is 0 Å². The number of carbonyl (C=O) groups excluding carboxylic acids is 1. The van der Waals surface area contributed by atoms with Crippen molar-refractivity contribution in [1.82, 2.24) is 20.0 Å². The Balaban J connectivity index is 1.37. The molecule has 1 aromatic carbocycles. The molecule has 6 heteroatoms. The van der Waals surface area contributed by atoms with Crippen molar-refractivity contribution in [1.29, 1.82) is 0 Å². The van der Waals surface area contributed by atoms with Crippen LogP contribution in [0.2, 0.25) is 0 Å². The first-order chi connectivity index (χ1) is 11.6. The summed E-state index contributed by atoms with van der Waals surface area (Å²) in [7, 11) is 0. The van der Waals surface area contributed by atoms with Gasteiger partial charge in [-0.15, -0.1) is 0 Å². The molecule has 4 rings (SSSR count). The number of aromatic nitrogens is 2. The lowest BCUT2D eigenvalue weighted by Gasteiger charge is -2.48. The number of benzene rings is 1. The molecule has 5 nitrogen and oxygen atoms in total. The van der Waals surface area contributed by atoms with Crippen LogP contribution in [0.25, 0.3) is 5.69 Å². The van der Waals surface area contributed by atoms with E-state index in [9.17, 15) is 9.18 Å². The Morgan fingerprint density at radius 1 is 1.17 bits per heavy atom. The lowest BCUT2D eigenvalue weighted by molar-refractivity contribution is -0.133. The van der Waals surface area contributed by atoms with Crippen LogP contribution in [0.15, 0.2) is 36.5 Å². The van der Waals surface area contributed by atoms with Gasteiger partial charge in [0.15, 0.2) is 0 Å². The number of nitrogens with one attached hydrogen (secondary N) is 1. The van der Waals surface area contributed by atoms with E-state index in [0.29, 0.717) is 11.8 Å². The number of piperidine rings is 1. The Bertz CT molecular complexity index is 726. The summed E-state index contributed by atoms with van der Waals surface area (Å²) in [6.07, 6.45) is 4.31. The van der Waals surface area contributed by atoms with E-state index in [1.807, 2.05) is 11.0 Å². The van der Waals surface area contributed by atoms with E-state index in [1.54, 1.807) is 23.0 Å². The summed E-state index contributed by atoms with van der Waals surface area (Å²) in [4.78, 5) is 14.4. The fourth-order valence-corrected chi connectivity index (χ4v) is 3.52. The summed E-state index contributed by atoms with van der Waals surface area (Å²) < 4.78 is 14.7. The highest BCUT2D eigenvalue weighted by Crippen LogP contribution is 2.34. The Morgan fingerprint density at radius 3 is 2.50 bits per heavy atom. The average Bonchev–Trinajstić information content (AvgIpc) is 3.02. The average molecular weight is 328 g/mol. The van der Waals surface area contributed by atoms with Gasteiger partial charge < -0.3 is 10.2 Å². The van der Waals surface area contributed by atoms with Crippen LogP contribution >= 0.6 is 0 Å². The third kappa shape index (κ3) is 2.94. The first-order valence-electron chi connectivity index (χ1n) is 8.43. The molecule has 2 aliphatic rings. The molecule has 0 radical (unpaired) electrons. The van der Waals surface area contributed by atoms with Crippen LogP contribution in [0, 0.1) is 11.2 Å². The smallest absolute Gasteiger partial charge is 0.228 e. The number of rotatable bonds is 3. The number of halogens is 1. The van der Waals surface area contributed by atoms with Gasteiger partial charge in [-0.3, -0.25) is 4.79 Å². The van der Waals surface area contributed by atoms with E-state index in [0.717, 1.165) is 50.4 Å². The second-order valence-corrected chi connectivity index (χ2v) is 6.89. The second-order valence-electron chi connectivity index (χ2n) is 6.89. The normalized spacial score (nSPS) is 19.3. The van der Waals surface area contributed by atoms with Crippen LogP contribution in [0.1, 0.15) is 18.5 Å². The van der Waals surface area contributed by atoms with E-state index in [2.05, 4.69) is 10.4 Å². The largest absolute Gasteiger partial charge is 0.342 e. The van der Waals surface area contributed by atoms with Crippen LogP contribution in [0.5, 0.6) is 0 Å². The summed E-state index contributed by atoms with van der Waals surface area (Å²) in [5.41, 5.74) is 1.98. The predicted octanol–water partition coefficient (Wildman–Crippen LogP) is 1.77. The van der Waals surface area contributed by atoms with E-state index in [-0.39, 0.29) is 11.7 Å². The molecule has 0 aliphatic carbocycles. The van der Waals surface area contributed by atoms with Gasteiger partial charge in [-0.25, -0.2) is 9.07 Å². The minimum atomic E-state index is -0.272. The van der Waals surface area contributed by atoms with Gasteiger partial charge in [-0.05, 0) is 48.6 Å². The minimum Gasteiger partial charge on any atom is -0.342 e. The maximum absolute atomic E-state index is 13.0. The molecule has 0 saturated carbocycles. The SMILES string of the molecule is O=C(Cc1ccn(-c2ccc(F)cc2)n1)N1CCC2(CC1)CNC2. The molecular weight excluding hydrogens is 307 g/mol. The molecule has 1 aromatic heterocycles. The Kier molecular flexibility index (Phi) is 3.84. The number of carbonyl (C=O) groups is 1. The molecule has 2 saturated heterocycles. The topological polar surface area (TPSA) is 50.2 Å². The maximum atomic E-state index is 13.0. The molecule has 126 valence electrons. The molecule has 2 fully saturated rings. The van der Waals surface area contributed by atoms with Crippen molar-refractivity contribution in [3.63, 3.8) is 0 Å². The van der Waals surface area contributed by atoms with Gasteiger partial charge in [-0.2, -0.15) is 5.10 Å². The van der Waals surface area contributed by atoms with Crippen LogP contribution in [0.4, 0.5) is 4.39 Å². The zero-order valence-electron chi connectivity index (χ0n) is 13.5. The van der Waals surface area contributed by atoms with Crippen molar-refractivity contribution < 1.29 is 9.18 Å². The highest BCUT2D eigenvalue weighted by Gasteiger charge is 2.40. The highest BCUT2D eigenvalue weighted by molar-refractivity contribution is 5.78. The van der Waals surface area contributed by atoms with Gasteiger partial charge in [0.05, 0.1) is 17.8 Å². The standard InChI is InChI=1S/C18H21FN4O/c19-14-1-3-16(4-2-14)23-8-5-15(21-23)11-17(24)22-9-6-18(7-10-22)12-20-13-18/h1-5,8,20H,6-7,9-13H2. The monoisotopic (exact) mass is 328 g/mol. The Hall–Kier alpha value is -2.21. The molecule has 1 N–H and O–H groups in total. The number of amides is 1. The van der Waals surface area contributed by atoms with Crippen molar-refractivity contribution in [2.24, 2.45) is 5.41 Å². The van der Waals surface area contributed by atoms with Crippen molar-refractivity contribution in [3.05, 3.63) is 48.0 Å². The third-order valence-electron chi connectivity index (χ3n) is 5.24. The summed E-state index contributed by atoms with van der Waals surface area (Å²) in [5.74, 6) is -0.132. The van der Waals surface area contributed by atoms with Crippen molar-refractivity contribution in [3.8, 4) is 5.69 Å². The summed E-state index contributed by atoms with van der Waals surface area (Å²) in [6.45, 7) is 3.88. The molecule has 2 aliphatic heterocycles. The predicted molar refractivity (Wildman–Crippen MR) is 88.3 cm³/mol. The van der Waals surface area contributed by atoms with E-state index in [1.165, 1.54) is 12.1 Å². The number of nitrogens with zero attached hydrogens (tertiary/aromatic N) is 3. The molecule has 0 bridgehead atoms. The molecule has 0 atom stereocenters. The van der Waals surface area contributed by atoms with Crippen molar-refractivity contribution >= 4 is 5.91 Å². The summed E-state index contributed by atoms with van der Waals surface area (Å²) >= 11 is 0. The van der Waals surface area contributed by atoms with Crippen molar-refractivity contribution in [2.45, 2.75) is 19.3 Å². The lowest BCUT2D eigenvalue weighted by Crippen LogP contribution is -2.58. The molecule has 24 heavy (non-hydrogen) atoms. The molecule has 2 aromatic rings. The zero-order valence-corrected chi connectivity index (χ0v) is 13.5. The third-order valence-corrected chi connectivity index (χ3v) is 5.24. The lowest BCUT2D eigenvalue weighted by atomic mass is 9.73. The van der Waals surface area contributed by atoms with Crippen LogP contribution in [-0.4, -0.2) is 46.8 Å². The Morgan fingerprint density at radius 2 is 1.88 bits per heavy atom. The first kappa shape index (κ1) is 15.3. The molecule has 1 amide bonds. The zero-order chi connectivity index (χ0) is 16.6. The van der Waals surface area contributed by atoms with Gasteiger partial charge in [0.1, 0.15) is 5.82 Å². The fraction of sp³-hybridized carbons (Fsp3) is 0.444. The van der Waals surface area contributed by atoms with Gasteiger partial charge >= 0.3 is 0 Å². The number of likely N-dealkylation sites (tertiary alicyclic amines) is 1. The summed E-state index contributed by atoms with van der Waals surface area (Å²) in [6, 6.07) is 8.00. The first-order valence-corrected chi connectivity index (χ1v) is 8.43. The van der Waals surface area contributed by atoms with Gasteiger partial charge in [0, 0.05) is 32.4 Å². The van der Waals surface area contributed by atoms with Gasteiger partial charge in [-0.1, -0.05) is 0 Å². The van der Waals surface area contributed by atoms with E-state index in [4.69, 9.17) is 0 Å².